The van der Waals surface area contributed by atoms with E-state index in [9.17, 15) is 5.11 Å². The van der Waals surface area contributed by atoms with Crippen LogP contribution in [0.25, 0.3) is 10.9 Å². The SMILES string of the molecule is O=CO.OCC1c2[nH]c3ccc(Cl)cc3c2CCN1CCNc1ccc(Cl)c(C2CC2)n1. The average Bonchev–Trinajstić information content (AvgIpc) is 3.56. The molecule has 0 amide bonds. The highest BCUT2D eigenvalue weighted by atomic mass is 35.5. The van der Waals surface area contributed by atoms with E-state index in [-0.39, 0.29) is 19.1 Å². The molecule has 0 radical (unpaired) electrons. The smallest absolute Gasteiger partial charge is 0.290 e. The van der Waals surface area contributed by atoms with Gasteiger partial charge < -0.3 is 20.5 Å². The molecule has 2 aromatic heterocycles. The molecule has 0 spiro atoms. The van der Waals surface area contributed by atoms with Gasteiger partial charge in [-0.25, -0.2) is 4.98 Å². The molecule has 1 aliphatic heterocycles. The van der Waals surface area contributed by atoms with Gasteiger partial charge in [-0.3, -0.25) is 9.69 Å². The summed E-state index contributed by atoms with van der Waals surface area (Å²) in [6.07, 6.45) is 3.30. The third-order valence-electron chi connectivity index (χ3n) is 6.04. The lowest BCUT2D eigenvalue weighted by atomic mass is 9.97. The molecule has 32 heavy (non-hydrogen) atoms. The molecule has 1 atom stereocenters. The zero-order valence-electron chi connectivity index (χ0n) is 17.5. The number of halogens is 2. The maximum absolute atomic E-state index is 10.1. The number of pyridine rings is 1. The van der Waals surface area contributed by atoms with E-state index in [0.717, 1.165) is 58.8 Å². The summed E-state index contributed by atoms with van der Waals surface area (Å²) >= 11 is 12.5. The maximum Gasteiger partial charge on any atom is 0.290 e. The van der Waals surface area contributed by atoms with Gasteiger partial charge in [0.25, 0.3) is 6.47 Å². The predicted octanol–water partition coefficient (Wildman–Crippen LogP) is 4.45. The van der Waals surface area contributed by atoms with Gasteiger partial charge in [0, 0.05) is 47.2 Å². The fourth-order valence-electron chi connectivity index (χ4n) is 4.39. The molecule has 0 saturated heterocycles. The number of hydrogen-bond donors (Lipinski definition) is 4. The largest absolute Gasteiger partial charge is 0.483 e. The molecule has 5 rings (SSSR count). The number of nitrogens with one attached hydrogen (secondary N) is 2. The normalized spacial score (nSPS) is 18.0. The summed E-state index contributed by atoms with van der Waals surface area (Å²) in [5.41, 5.74) is 4.48. The first-order chi connectivity index (χ1) is 15.5. The lowest BCUT2D eigenvalue weighted by Gasteiger charge is -2.34. The van der Waals surface area contributed by atoms with Crippen molar-refractivity contribution in [1.29, 1.82) is 0 Å². The monoisotopic (exact) mass is 476 g/mol. The molecular weight excluding hydrogens is 451 g/mol. The second-order valence-electron chi connectivity index (χ2n) is 8.06. The maximum atomic E-state index is 10.1. The van der Waals surface area contributed by atoms with Gasteiger partial charge in [0.15, 0.2) is 0 Å². The number of fused-ring (bicyclic) bond motifs is 3. The van der Waals surface area contributed by atoms with Crippen molar-refractivity contribution in [2.24, 2.45) is 0 Å². The van der Waals surface area contributed by atoms with Crippen molar-refractivity contribution in [3.63, 3.8) is 0 Å². The van der Waals surface area contributed by atoms with Crippen molar-refractivity contribution < 1.29 is 15.0 Å². The number of aromatic nitrogens is 2. The number of benzene rings is 1. The third kappa shape index (κ3) is 4.86. The number of rotatable bonds is 6. The number of carbonyl (C=O) groups is 1. The Hall–Kier alpha value is -2.32. The number of aromatic amines is 1. The molecular formula is C23H26Cl2N4O3. The lowest BCUT2D eigenvalue weighted by molar-refractivity contribution is -0.122. The summed E-state index contributed by atoms with van der Waals surface area (Å²) < 4.78 is 0. The van der Waals surface area contributed by atoms with E-state index in [1.54, 1.807) is 0 Å². The zero-order valence-corrected chi connectivity index (χ0v) is 19.0. The van der Waals surface area contributed by atoms with Gasteiger partial charge in [0.1, 0.15) is 5.82 Å². The Morgan fingerprint density at radius 1 is 1.25 bits per heavy atom. The Kier molecular flexibility index (Phi) is 7.20. The summed E-state index contributed by atoms with van der Waals surface area (Å²) in [6.45, 7) is 2.32. The van der Waals surface area contributed by atoms with Crippen LogP contribution in [0, 0.1) is 0 Å². The molecule has 1 aliphatic carbocycles. The zero-order chi connectivity index (χ0) is 22.7. The van der Waals surface area contributed by atoms with Gasteiger partial charge in [-0.15, -0.1) is 0 Å². The van der Waals surface area contributed by atoms with E-state index in [1.165, 1.54) is 23.8 Å². The van der Waals surface area contributed by atoms with Crippen LogP contribution >= 0.6 is 23.2 Å². The van der Waals surface area contributed by atoms with Crippen LogP contribution in [-0.4, -0.2) is 57.8 Å². The topological polar surface area (TPSA) is 101 Å². The van der Waals surface area contributed by atoms with Crippen molar-refractivity contribution in [3.05, 3.63) is 57.3 Å². The van der Waals surface area contributed by atoms with Crippen LogP contribution in [0.1, 0.15) is 41.8 Å². The fraction of sp³-hybridized carbons (Fsp3) is 0.391. The Labute approximate surface area is 196 Å². The quantitative estimate of drug-likeness (QED) is 0.392. The van der Waals surface area contributed by atoms with E-state index in [2.05, 4.69) is 15.2 Å². The summed E-state index contributed by atoms with van der Waals surface area (Å²) in [5.74, 6) is 1.40. The molecule has 0 bridgehead atoms. The first-order valence-electron chi connectivity index (χ1n) is 10.7. The van der Waals surface area contributed by atoms with E-state index >= 15 is 0 Å². The number of H-pyrrole nitrogens is 1. The summed E-state index contributed by atoms with van der Waals surface area (Å²) in [4.78, 5) is 18.9. The molecule has 4 N–H and O–H groups in total. The molecule has 3 aromatic rings. The van der Waals surface area contributed by atoms with Crippen LogP contribution in [0.3, 0.4) is 0 Å². The van der Waals surface area contributed by atoms with Crippen molar-refractivity contribution in [2.75, 3.05) is 31.6 Å². The van der Waals surface area contributed by atoms with Gasteiger partial charge in [0.2, 0.25) is 0 Å². The highest BCUT2D eigenvalue weighted by molar-refractivity contribution is 6.31. The van der Waals surface area contributed by atoms with Gasteiger partial charge in [0.05, 0.1) is 23.4 Å². The average molecular weight is 477 g/mol. The highest BCUT2D eigenvalue weighted by Crippen LogP contribution is 2.42. The van der Waals surface area contributed by atoms with Crippen molar-refractivity contribution >= 4 is 46.4 Å². The molecule has 1 saturated carbocycles. The van der Waals surface area contributed by atoms with Crippen LogP contribution in [0.5, 0.6) is 0 Å². The van der Waals surface area contributed by atoms with Crippen LogP contribution in [0.15, 0.2) is 30.3 Å². The summed E-state index contributed by atoms with van der Waals surface area (Å²) in [6, 6.07) is 9.77. The van der Waals surface area contributed by atoms with Gasteiger partial charge in [-0.1, -0.05) is 23.2 Å². The minimum atomic E-state index is -0.250. The Morgan fingerprint density at radius 3 is 2.75 bits per heavy atom. The second kappa shape index (κ2) is 10.1. The van der Waals surface area contributed by atoms with Crippen molar-refractivity contribution in [3.8, 4) is 0 Å². The van der Waals surface area contributed by atoms with Crippen LogP contribution < -0.4 is 5.32 Å². The van der Waals surface area contributed by atoms with E-state index < -0.39 is 0 Å². The number of nitrogens with zero attached hydrogens (tertiary/aromatic N) is 2. The van der Waals surface area contributed by atoms with Crippen molar-refractivity contribution in [2.45, 2.75) is 31.2 Å². The molecule has 7 nitrogen and oxygen atoms in total. The molecule has 2 aliphatic rings. The molecule has 9 heteroatoms. The Morgan fingerprint density at radius 2 is 2.03 bits per heavy atom. The fourth-order valence-corrected chi connectivity index (χ4v) is 4.82. The molecule has 170 valence electrons. The molecule has 1 aromatic carbocycles. The van der Waals surface area contributed by atoms with Crippen LogP contribution in [0.4, 0.5) is 5.82 Å². The van der Waals surface area contributed by atoms with Gasteiger partial charge in [-0.2, -0.15) is 0 Å². The minimum absolute atomic E-state index is 0.0353. The first kappa shape index (κ1) is 22.9. The van der Waals surface area contributed by atoms with Crippen LogP contribution in [-0.2, 0) is 11.2 Å². The summed E-state index contributed by atoms with van der Waals surface area (Å²) in [5, 5.41) is 23.1. The first-order valence-corrected chi connectivity index (χ1v) is 11.4. The van der Waals surface area contributed by atoms with Crippen molar-refractivity contribution in [1.82, 2.24) is 14.9 Å². The lowest BCUT2D eigenvalue weighted by Crippen LogP contribution is -2.40. The number of carboxylic acid groups (broad SMARTS) is 1. The molecule has 1 fully saturated rings. The number of aliphatic hydroxyl groups is 1. The van der Waals surface area contributed by atoms with E-state index in [0.29, 0.717) is 5.92 Å². The van der Waals surface area contributed by atoms with Crippen LogP contribution in [0.2, 0.25) is 10.0 Å². The molecule has 1 unspecified atom stereocenters. The minimum Gasteiger partial charge on any atom is -0.483 e. The third-order valence-corrected chi connectivity index (χ3v) is 6.59. The molecule has 3 heterocycles. The predicted molar refractivity (Wildman–Crippen MR) is 127 cm³/mol. The summed E-state index contributed by atoms with van der Waals surface area (Å²) in [7, 11) is 0. The number of aliphatic hydroxyl groups excluding tert-OH is 1. The highest BCUT2D eigenvalue weighted by Gasteiger charge is 2.30. The Bertz CT molecular complexity index is 1100. The second-order valence-corrected chi connectivity index (χ2v) is 8.91. The van der Waals surface area contributed by atoms with Gasteiger partial charge in [-0.05, 0) is 55.2 Å². The standard InChI is InChI=1S/C22H24Cl2N4O.CH2O2/c23-14-3-5-18-16(11-14)15-7-9-28(19(12-29)22(15)26-18)10-8-25-20-6-4-17(24)21(27-20)13-1-2-13;2-1-3/h3-6,11,13,19,26,29H,1-2,7-10,12H2,(H,25,27);1H,(H,2,3). The van der Waals surface area contributed by atoms with E-state index in [1.807, 2.05) is 30.3 Å². The van der Waals surface area contributed by atoms with Gasteiger partial charge >= 0.3 is 0 Å². The number of anilines is 1. The Balaban J connectivity index is 0.000000775. The van der Waals surface area contributed by atoms with E-state index in [4.69, 9.17) is 38.1 Å². The number of hydrogen-bond acceptors (Lipinski definition) is 5.